The van der Waals surface area contributed by atoms with Crippen molar-refractivity contribution in [2.24, 2.45) is 0 Å². The molecule has 4 nitrogen and oxygen atoms in total. The summed E-state index contributed by atoms with van der Waals surface area (Å²) in [5.74, 6) is -0.906. The van der Waals surface area contributed by atoms with E-state index in [1.165, 1.54) is 12.1 Å². The van der Waals surface area contributed by atoms with Gasteiger partial charge in [0.15, 0.2) is 5.82 Å². The molecule has 2 rings (SSSR count). The van der Waals surface area contributed by atoms with Crippen molar-refractivity contribution >= 4 is 48.9 Å². The molecule has 0 aliphatic carbocycles. The summed E-state index contributed by atoms with van der Waals surface area (Å²) >= 11 is 8.77. The number of rotatable bonds is 3. The van der Waals surface area contributed by atoms with Crippen LogP contribution in [0.5, 0.6) is 0 Å². The number of anilines is 2. The first-order valence-corrected chi connectivity index (χ1v) is 8.39. The average molecular weight is 394 g/mol. The Kier molecular flexibility index (Phi) is 4.46. The van der Waals surface area contributed by atoms with Crippen molar-refractivity contribution in [3.63, 3.8) is 0 Å². The SMILES string of the molecule is Cc1ccc(Cl)cc1NS(=O)(=O)c1cc(N)cc(Br)c1F. The van der Waals surface area contributed by atoms with Gasteiger partial charge in [-0.1, -0.05) is 17.7 Å². The fraction of sp³-hybridized carbons (Fsp3) is 0.0769. The minimum atomic E-state index is -4.12. The smallest absolute Gasteiger partial charge is 0.264 e. The van der Waals surface area contributed by atoms with Gasteiger partial charge in [0.1, 0.15) is 4.90 Å². The molecule has 0 heterocycles. The lowest BCUT2D eigenvalue weighted by Gasteiger charge is -2.12. The van der Waals surface area contributed by atoms with E-state index in [1.807, 2.05) is 0 Å². The number of nitrogens with one attached hydrogen (secondary N) is 1. The Bertz CT molecular complexity index is 812. The van der Waals surface area contributed by atoms with Crippen LogP contribution in [0.3, 0.4) is 0 Å². The van der Waals surface area contributed by atoms with E-state index in [2.05, 4.69) is 20.7 Å². The van der Waals surface area contributed by atoms with Crippen molar-refractivity contribution in [2.75, 3.05) is 10.5 Å². The van der Waals surface area contributed by atoms with Crippen LogP contribution in [0.25, 0.3) is 0 Å². The van der Waals surface area contributed by atoms with Crippen molar-refractivity contribution in [1.29, 1.82) is 0 Å². The van der Waals surface area contributed by atoms with E-state index in [1.54, 1.807) is 19.1 Å². The molecule has 0 spiro atoms. The molecule has 2 aromatic carbocycles. The monoisotopic (exact) mass is 392 g/mol. The van der Waals surface area contributed by atoms with Gasteiger partial charge in [-0.25, -0.2) is 12.8 Å². The highest BCUT2D eigenvalue weighted by Crippen LogP contribution is 2.29. The maximum atomic E-state index is 14.0. The second kappa shape index (κ2) is 5.82. The third kappa shape index (κ3) is 3.48. The van der Waals surface area contributed by atoms with Crippen LogP contribution in [0.4, 0.5) is 15.8 Å². The lowest BCUT2D eigenvalue weighted by atomic mass is 10.2. The standard InChI is InChI=1S/C13H11BrClFN2O2S/c1-7-2-3-8(15)4-11(7)18-21(19,20)12-6-9(17)5-10(14)13(12)16/h2-6,18H,17H2,1H3. The molecule has 0 atom stereocenters. The van der Waals surface area contributed by atoms with E-state index < -0.39 is 20.7 Å². The molecule has 0 aliphatic heterocycles. The average Bonchev–Trinajstić information content (AvgIpc) is 2.37. The number of aryl methyl sites for hydroxylation is 1. The van der Waals surface area contributed by atoms with Gasteiger partial charge < -0.3 is 5.73 Å². The molecule has 0 unspecified atom stereocenters. The second-order valence-electron chi connectivity index (χ2n) is 4.38. The van der Waals surface area contributed by atoms with E-state index in [-0.39, 0.29) is 15.8 Å². The van der Waals surface area contributed by atoms with Crippen molar-refractivity contribution in [3.05, 3.63) is 51.2 Å². The van der Waals surface area contributed by atoms with Crippen molar-refractivity contribution in [3.8, 4) is 0 Å². The van der Waals surface area contributed by atoms with E-state index in [9.17, 15) is 12.8 Å². The van der Waals surface area contributed by atoms with Gasteiger partial charge in [0, 0.05) is 10.7 Å². The van der Waals surface area contributed by atoms with Crippen LogP contribution in [-0.4, -0.2) is 8.42 Å². The van der Waals surface area contributed by atoms with Crippen LogP contribution in [0.1, 0.15) is 5.56 Å². The van der Waals surface area contributed by atoms with Crippen LogP contribution in [0.2, 0.25) is 5.02 Å². The molecule has 0 radical (unpaired) electrons. The van der Waals surface area contributed by atoms with E-state index in [0.717, 1.165) is 6.07 Å². The summed E-state index contributed by atoms with van der Waals surface area (Å²) in [6.45, 7) is 1.71. The first kappa shape index (κ1) is 16.1. The van der Waals surface area contributed by atoms with Crippen molar-refractivity contribution in [2.45, 2.75) is 11.8 Å². The predicted octanol–water partition coefficient (Wildman–Crippen LogP) is 3.93. The summed E-state index contributed by atoms with van der Waals surface area (Å²) in [6.07, 6.45) is 0. The van der Waals surface area contributed by atoms with Gasteiger partial charge >= 0.3 is 0 Å². The zero-order chi connectivity index (χ0) is 15.8. The second-order valence-corrected chi connectivity index (χ2v) is 7.32. The third-order valence-corrected chi connectivity index (χ3v) is 4.93. The van der Waals surface area contributed by atoms with Crippen LogP contribution >= 0.6 is 27.5 Å². The molecule has 0 fully saturated rings. The summed E-state index contributed by atoms with van der Waals surface area (Å²) in [6, 6.07) is 7.09. The topological polar surface area (TPSA) is 72.2 Å². The largest absolute Gasteiger partial charge is 0.399 e. The van der Waals surface area contributed by atoms with Gasteiger partial charge in [-0.15, -0.1) is 0 Å². The normalized spacial score (nSPS) is 11.4. The molecule has 8 heteroatoms. The molecule has 0 saturated carbocycles. The van der Waals surface area contributed by atoms with Crippen LogP contribution in [0, 0.1) is 12.7 Å². The summed E-state index contributed by atoms with van der Waals surface area (Å²) in [7, 11) is -4.12. The minimum absolute atomic E-state index is 0.0225. The summed E-state index contributed by atoms with van der Waals surface area (Å²) in [4.78, 5) is -0.534. The predicted molar refractivity (Wildman–Crippen MR) is 85.5 cm³/mol. The highest BCUT2D eigenvalue weighted by atomic mass is 79.9. The zero-order valence-electron chi connectivity index (χ0n) is 10.8. The molecule has 21 heavy (non-hydrogen) atoms. The molecule has 0 saturated heterocycles. The Balaban J connectivity index is 2.51. The number of hydrogen-bond acceptors (Lipinski definition) is 3. The van der Waals surface area contributed by atoms with Crippen molar-refractivity contribution in [1.82, 2.24) is 0 Å². The lowest BCUT2D eigenvalue weighted by molar-refractivity contribution is 0.567. The van der Waals surface area contributed by atoms with E-state index >= 15 is 0 Å². The number of halogens is 3. The first-order chi connectivity index (χ1) is 9.70. The Morgan fingerprint density at radius 1 is 1.29 bits per heavy atom. The van der Waals surface area contributed by atoms with Crippen LogP contribution in [0.15, 0.2) is 39.7 Å². The molecule has 112 valence electrons. The lowest BCUT2D eigenvalue weighted by Crippen LogP contribution is -2.16. The number of hydrogen-bond donors (Lipinski definition) is 2. The fourth-order valence-corrected chi connectivity index (χ4v) is 3.72. The first-order valence-electron chi connectivity index (χ1n) is 5.74. The summed E-state index contributed by atoms with van der Waals surface area (Å²) in [5.41, 5.74) is 6.63. The van der Waals surface area contributed by atoms with Crippen LogP contribution < -0.4 is 10.5 Å². The highest BCUT2D eigenvalue weighted by molar-refractivity contribution is 9.10. The van der Waals surface area contributed by atoms with E-state index in [4.69, 9.17) is 17.3 Å². The Hall–Kier alpha value is -1.31. The maximum absolute atomic E-state index is 14.0. The number of benzene rings is 2. The van der Waals surface area contributed by atoms with Crippen molar-refractivity contribution < 1.29 is 12.8 Å². The molecule has 2 aromatic rings. The highest BCUT2D eigenvalue weighted by Gasteiger charge is 2.22. The Morgan fingerprint density at radius 2 is 1.95 bits per heavy atom. The summed E-state index contributed by atoms with van der Waals surface area (Å²) in [5, 5.41) is 0.368. The number of sulfonamides is 1. The Morgan fingerprint density at radius 3 is 2.62 bits per heavy atom. The number of nitrogens with two attached hydrogens (primary N) is 1. The molecule has 3 N–H and O–H groups in total. The molecule has 0 amide bonds. The van der Waals surface area contributed by atoms with Gasteiger partial charge in [0.05, 0.1) is 10.2 Å². The third-order valence-electron chi connectivity index (χ3n) is 2.75. The fourth-order valence-electron chi connectivity index (χ4n) is 1.68. The Labute approximate surface area is 135 Å². The van der Waals surface area contributed by atoms with Crippen LogP contribution in [-0.2, 0) is 10.0 Å². The van der Waals surface area contributed by atoms with Gasteiger partial charge in [-0.3, -0.25) is 4.72 Å². The van der Waals surface area contributed by atoms with Gasteiger partial charge in [-0.2, -0.15) is 0 Å². The quantitative estimate of drug-likeness (QED) is 0.776. The molecule has 0 aliphatic rings. The van der Waals surface area contributed by atoms with Gasteiger partial charge in [0.25, 0.3) is 10.0 Å². The molecular weight excluding hydrogens is 383 g/mol. The molecular formula is C13H11BrClFN2O2S. The zero-order valence-corrected chi connectivity index (χ0v) is 14.0. The minimum Gasteiger partial charge on any atom is -0.399 e. The summed E-state index contributed by atoms with van der Waals surface area (Å²) < 4.78 is 40.9. The van der Waals surface area contributed by atoms with Gasteiger partial charge in [-0.05, 0) is 52.7 Å². The number of nitrogen functional groups attached to an aromatic ring is 1. The molecule has 0 bridgehead atoms. The molecule has 0 aromatic heterocycles. The maximum Gasteiger partial charge on any atom is 0.264 e. The van der Waals surface area contributed by atoms with Gasteiger partial charge in [0.2, 0.25) is 0 Å². The van der Waals surface area contributed by atoms with E-state index in [0.29, 0.717) is 10.6 Å².